The summed E-state index contributed by atoms with van der Waals surface area (Å²) in [5.74, 6) is 0.351. The Morgan fingerprint density at radius 1 is 1.53 bits per heavy atom. The summed E-state index contributed by atoms with van der Waals surface area (Å²) >= 11 is 1.47. The third-order valence-electron chi connectivity index (χ3n) is 2.61. The monoisotopic (exact) mass is 277 g/mol. The molecule has 2 rings (SSSR count). The second-order valence-electron chi connectivity index (χ2n) is 3.92. The molecule has 1 unspecified atom stereocenters. The molecule has 2 heterocycles. The molecule has 0 fully saturated rings. The highest BCUT2D eigenvalue weighted by atomic mass is 32.1. The number of nitrogens with two attached hydrogens (primary N) is 1. The summed E-state index contributed by atoms with van der Waals surface area (Å²) < 4.78 is 4.96. The van der Waals surface area contributed by atoms with Crippen LogP contribution in [0.25, 0.3) is 0 Å². The van der Waals surface area contributed by atoms with Crippen molar-refractivity contribution < 1.29 is 9.53 Å². The Balaban J connectivity index is 1.89. The van der Waals surface area contributed by atoms with Gasteiger partial charge in [0.25, 0.3) is 0 Å². The molecule has 2 aromatic rings. The maximum atomic E-state index is 11.9. The van der Waals surface area contributed by atoms with E-state index < -0.39 is 6.04 Å². The van der Waals surface area contributed by atoms with E-state index >= 15 is 0 Å². The minimum absolute atomic E-state index is 0.196. The van der Waals surface area contributed by atoms with Gasteiger partial charge in [-0.15, -0.1) is 11.3 Å². The molecule has 0 spiro atoms. The molecule has 19 heavy (non-hydrogen) atoms. The Labute approximate surface area is 115 Å². The topological polar surface area (TPSA) is 77.2 Å². The first kappa shape index (κ1) is 13.5. The zero-order valence-corrected chi connectivity index (χ0v) is 11.3. The number of nitrogens with one attached hydrogen (secondary N) is 1. The number of methoxy groups -OCH3 is 1. The minimum atomic E-state index is -0.619. The van der Waals surface area contributed by atoms with E-state index in [0.29, 0.717) is 12.4 Å². The molecule has 0 aromatic carbocycles. The van der Waals surface area contributed by atoms with Gasteiger partial charge >= 0.3 is 0 Å². The quantitative estimate of drug-likeness (QED) is 0.867. The molecular formula is C13H15N3O2S. The molecule has 6 heteroatoms. The first-order valence-corrected chi connectivity index (χ1v) is 6.64. The summed E-state index contributed by atoms with van der Waals surface area (Å²) in [6.45, 7) is 0.398. The van der Waals surface area contributed by atoms with E-state index in [-0.39, 0.29) is 5.91 Å². The van der Waals surface area contributed by atoms with Crippen LogP contribution in [0.1, 0.15) is 16.5 Å². The first-order chi connectivity index (χ1) is 9.20. The number of thiophene rings is 1. The predicted molar refractivity (Wildman–Crippen MR) is 73.9 cm³/mol. The SMILES string of the molecule is COc1ccc(CNC(=O)C(N)c2cccs2)cn1. The van der Waals surface area contributed by atoms with Crippen LogP contribution in [-0.2, 0) is 11.3 Å². The lowest BCUT2D eigenvalue weighted by Crippen LogP contribution is -2.33. The number of hydrogen-bond acceptors (Lipinski definition) is 5. The van der Waals surface area contributed by atoms with Crippen molar-refractivity contribution >= 4 is 17.2 Å². The molecule has 0 radical (unpaired) electrons. The number of ether oxygens (including phenoxy) is 1. The Hall–Kier alpha value is -1.92. The summed E-state index contributed by atoms with van der Waals surface area (Å²) in [6, 6.07) is 6.71. The fraction of sp³-hybridized carbons (Fsp3) is 0.231. The third kappa shape index (κ3) is 3.52. The van der Waals surface area contributed by atoms with Crippen LogP contribution in [0.5, 0.6) is 5.88 Å². The van der Waals surface area contributed by atoms with Crippen LogP contribution in [0.2, 0.25) is 0 Å². The van der Waals surface area contributed by atoms with Crippen molar-refractivity contribution in [3.05, 3.63) is 46.3 Å². The molecule has 1 amide bonds. The van der Waals surface area contributed by atoms with E-state index in [2.05, 4.69) is 10.3 Å². The molecule has 0 aliphatic rings. The zero-order chi connectivity index (χ0) is 13.7. The van der Waals surface area contributed by atoms with E-state index in [1.807, 2.05) is 23.6 Å². The number of nitrogens with zero attached hydrogens (tertiary/aromatic N) is 1. The molecule has 0 aliphatic carbocycles. The van der Waals surface area contributed by atoms with Gasteiger partial charge in [0.05, 0.1) is 7.11 Å². The smallest absolute Gasteiger partial charge is 0.242 e. The van der Waals surface area contributed by atoms with Gasteiger partial charge in [-0.1, -0.05) is 12.1 Å². The maximum Gasteiger partial charge on any atom is 0.242 e. The average Bonchev–Trinajstić information content (AvgIpc) is 2.98. The van der Waals surface area contributed by atoms with Crippen LogP contribution in [0.4, 0.5) is 0 Å². The van der Waals surface area contributed by atoms with Gasteiger partial charge in [0.2, 0.25) is 11.8 Å². The van der Waals surface area contributed by atoms with E-state index in [1.165, 1.54) is 11.3 Å². The van der Waals surface area contributed by atoms with Crippen molar-refractivity contribution in [2.75, 3.05) is 7.11 Å². The van der Waals surface area contributed by atoms with E-state index in [4.69, 9.17) is 10.5 Å². The van der Waals surface area contributed by atoms with Crippen LogP contribution in [0.3, 0.4) is 0 Å². The minimum Gasteiger partial charge on any atom is -0.481 e. The number of pyridine rings is 1. The summed E-state index contributed by atoms with van der Waals surface area (Å²) in [5, 5.41) is 4.69. The lowest BCUT2D eigenvalue weighted by molar-refractivity contribution is -0.122. The fourth-order valence-electron chi connectivity index (χ4n) is 1.53. The Kier molecular flexibility index (Phi) is 4.48. The largest absolute Gasteiger partial charge is 0.481 e. The van der Waals surface area contributed by atoms with Crippen LogP contribution >= 0.6 is 11.3 Å². The van der Waals surface area contributed by atoms with Gasteiger partial charge in [-0.25, -0.2) is 4.98 Å². The van der Waals surface area contributed by atoms with Gasteiger partial charge in [0.15, 0.2) is 0 Å². The molecule has 0 bridgehead atoms. The molecule has 100 valence electrons. The van der Waals surface area contributed by atoms with Crippen LogP contribution < -0.4 is 15.8 Å². The van der Waals surface area contributed by atoms with Gasteiger partial charge in [-0.3, -0.25) is 4.79 Å². The number of carbonyl (C=O) groups excluding carboxylic acids is 1. The molecule has 1 atom stereocenters. The third-order valence-corrected chi connectivity index (χ3v) is 3.56. The van der Waals surface area contributed by atoms with Crippen molar-refractivity contribution in [3.63, 3.8) is 0 Å². The number of carbonyl (C=O) groups is 1. The lowest BCUT2D eigenvalue weighted by atomic mass is 10.2. The fourth-order valence-corrected chi connectivity index (χ4v) is 2.26. The molecule has 0 aliphatic heterocycles. The second-order valence-corrected chi connectivity index (χ2v) is 4.90. The highest BCUT2D eigenvalue weighted by Gasteiger charge is 2.15. The van der Waals surface area contributed by atoms with E-state index in [1.54, 1.807) is 19.4 Å². The van der Waals surface area contributed by atoms with Crippen molar-refractivity contribution in [2.45, 2.75) is 12.6 Å². The Bertz CT molecular complexity index is 525. The second kappa shape index (κ2) is 6.31. The van der Waals surface area contributed by atoms with Gasteiger partial charge in [-0.05, 0) is 17.0 Å². The summed E-state index contributed by atoms with van der Waals surface area (Å²) in [4.78, 5) is 16.8. The van der Waals surface area contributed by atoms with Crippen LogP contribution in [0, 0.1) is 0 Å². The Morgan fingerprint density at radius 3 is 2.95 bits per heavy atom. The maximum absolute atomic E-state index is 11.9. The predicted octanol–water partition coefficient (Wildman–Crippen LogP) is 1.47. The van der Waals surface area contributed by atoms with E-state index in [0.717, 1.165) is 10.4 Å². The highest BCUT2D eigenvalue weighted by Crippen LogP contribution is 2.16. The average molecular weight is 277 g/mol. The molecule has 0 saturated heterocycles. The van der Waals surface area contributed by atoms with E-state index in [9.17, 15) is 4.79 Å². The number of aromatic nitrogens is 1. The highest BCUT2D eigenvalue weighted by molar-refractivity contribution is 7.10. The van der Waals surface area contributed by atoms with Crippen molar-refractivity contribution in [1.82, 2.24) is 10.3 Å². The van der Waals surface area contributed by atoms with Gasteiger partial charge in [0.1, 0.15) is 6.04 Å². The standard InChI is InChI=1S/C13H15N3O2S/c1-18-11-5-4-9(7-15-11)8-16-13(17)12(14)10-3-2-6-19-10/h2-7,12H,8,14H2,1H3,(H,16,17). The number of hydrogen-bond donors (Lipinski definition) is 2. The zero-order valence-electron chi connectivity index (χ0n) is 10.5. The summed E-state index contributed by atoms with van der Waals surface area (Å²) in [7, 11) is 1.56. The van der Waals surface area contributed by atoms with Crippen molar-refractivity contribution in [2.24, 2.45) is 5.73 Å². The van der Waals surface area contributed by atoms with Gasteiger partial charge < -0.3 is 15.8 Å². The number of rotatable bonds is 5. The molecule has 3 N–H and O–H groups in total. The summed E-state index contributed by atoms with van der Waals surface area (Å²) in [6.07, 6.45) is 1.66. The molecule has 2 aromatic heterocycles. The molecule has 5 nitrogen and oxygen atoms in total. The Morgan fingerprint density at radius 2 is 2.37 bits per heavy atom. The number of amides is 1. The van der Waals surface area contributed by atoms with Crippen molar-refractivity contribution in [1.29, 1.82) is 0 Å². The first-order valence-electron chi connectivity index (χ1n) is 5.76. The normalized spacial score (nSPS) is 11.9. The van der Waals surface area contributed by atoms with Gasteiger partial charge in [0, 0.05) is 23.7 Å². The van der Waals surface area contributed by atoms with Crippen LogP contribution in [-0.4, -0.2) is 18.0 Å². The molecule has 0 saturated carbocycles. The van der Waals surface area contributed by atoms with Crippen molar-refractivity contribution in [3.8, 4) is 5.88 Å². The lowest BCUT2D eigenvalue weighted by Gasteiger charge is -2.10. The van der Waals surface area contributed by atoms with Crippen LogP contribution in [0.15, 0.2) is 35.8 Å². The van der Waals surface area contributed by atoms with Gasteiger partial charge in [-0.2, -0.15) is 0 Å². The molecular weight excluding hydrogens is 262 g/mol. The summed E-state index contributed by atoms with van der Waals surface area (Å²) in [5.41, 5.74) is 6.75.